The minimum atomic E-state index is -1.82. The SMILES string of the molecule is C=CCOC(=O)C1O[C@@H](OC(=O)Cc2ccccc2Nc2c(Cl)cccc2Cl)[C@@H](O)C(O)[C@@H]1O. The maximum absolute atomic E-state index is 12.6. The standard InChI is InChI=1S/C23H23Cl2NO8/c1-2-10-32-22(31)21-19(29)18(28)20(30)23(34-21)33-16(27)11-12-6-3-4-9-15(12)26-17-13(24)7-5-8-14(17)25/h2-9,18-21,23,26,28-30H,1,10-11H2/t18?,19-,20-,21?,23+/m0/s1. The van der Waals surface area contributed by atoms with Gasteiger partial charge >= 0.3 is 11.9 Å². The lowest BCUT2D eigenvalue weighted by atomic mass is 9.99. The average molecular weight is 512 g/mol. The molecule has 9 nitrogen and oxygen atoms in total. The highest BCUT2D eigenvalue weighted by molar-refractivity contribution is 6.39. The molecule has 1 heterocycles. The van der Waals surface area contributed by atoms with Gasteiger partial charge in [0.15, 0.2) is 6.10 Å². The Bertz CT molecular complexity index is 1030. The van der Waals surface area contributed by atoms with Crippen LogP contribution in [0.2, 0.25) is 10.0 Å². The summed E-state index contributed by atoms with van der Waals surface area (Å²) in [5.41, 5.74) is 1.49. The van der Waals surface area contributed by atoms with Crippen molar-refractivity contribution < 1.29 is 39.1 Å². The maximum Gasteiger partial charge on any atom is 0.338 e. The third-order valence-electron chi connectivity index (χ3n) is 4.97. The first-order valence-corrected chi connectivity index (χ1v) is 10.9. The van der Waals surface area contributed by atoms with E-state index in [1.165, 1.54) is 6.08 Å². The van der Waals surface area contributed by atoms with Crippen LogP contribution in [-0.4, -0.2) is 64.6 Å². The third kappa shape index (κ3) is 6.06. The van der Waals surface area contributed by atoms with Crippen LogP contribution >= 0.6 is 23.2 Å². The molecule has 1 saturated heterocycles. The Morgan fingerprint density at radius 2 is 1.71 bits per heavy atom. The first kappa shape index (κ1) is 26.0. The van der Waals surface area contributed by atoms with Gasteiger partial charge in [-0.1, -0.05) is 60.1 Å². The Kier molecular flexibility index (Phi) is 8.90. The summed E-state index contributed by atoms with van der Waals surface area (Å²) in [6, 6.07) is 11.8. The molecule has 0 bridgehead atoms. The first-order chi connectivity index (χ1) is 16.2. The van der Waals surface area contributed by atoms with Gasteiger partial charge in [0.25, 0.3) is 0 Å². The zero-order valence-corrected chi connectivity index (χ0v) is 19.3. The number of halogens is 2. The van der Waals surface area contributed by atoms with Crippen molar-refractivity contribution in [1.82, 2.24) is 0 Å². The Morgan fingerprint density at radius 3 is 2.38 bits per heavy atom. The van der Waals surface area contributed by atoms with E-state index < -0.39 is 42.6 Å². The molecule has 0 aliphatic carbocycles. The Labute approximate surface area is 205 Å². The van der Waals surface area contributed by atoms with Gasteiger partial charge in [0, 0.05) is 5.69 Å². The monoisotopic (exact) mass is 511 g/mol. The van der Waals surface area contributed by atoms with Crippen LogP contribution in [0.4, 0.5) is 11.4 Å². The highest BCUT2D eigenvalue weighted by Gasteiger charge is 2.49. The molecular weight excluding hydrogens is 489 g/mol. The molecule has 182 valence electrons. The number of aliphatic hydroxyl groups excluding tert-OH is 3. The summed E-state index contributed by atoms with van der Waals surface area (Å²) in [5, 5.41) is 34.2. The van der Waals surface area contributed by atoms with Gasteiger partial charge in [-0.05, 0) is 23.8 Å². The van der Waals surface area contributed by atoms with Crippen LogP contribution in [-0.2, 0) is 30.2 Å². The number of benzene rings is 2. The molecule has 0 aromatic heterocycles. The number of hydrogen-bond donors (Lipinski definition) is 4. The molecular formula is C23H23Cl2NO8. The lowest BCUT2D eigenvalue weighted by Crippen LogP contribution is -2.61. The number of aliphatic hydroxyl groups is 3. The average Bonchev–Trinajstić information content (AvgIpc) is 2.81. The molecule has 2 aromatic rings. The summed E-state index contributed by atoms with van der Waals surface area (Å²) in [6.07, 6.45) is -7.74. The van der Waals surface area contributed by atoms with Gasteiger partial charge in [0.2, 0.25) is 6.29 Å². The number of ether oxygens (including phenoxy) is 3. The zero-order valence-electron chi connectivity index (χ0n) is 17.8. The fourth-order valence-electron chi connectivity index (χ4n) is 3.24. The highest BCUT2D eigenvalue weighted by atomic mass is 35.5. The van der Waals surface area contributed by atoms with Crippen molar-refractivity contribution in [3.63, 3.8) is 0 Å². The van der Waals surface area contributed by atoms with Gasteiger partial charge in [-0.25, -0.2) is 4.79 Å². The summed E-state index contributed by atoms with van der Waals surface area (Å²) in [6.45, 7) is 3.24. The second-order valence-corrected chi connectivity index (χ2v) is 8.18. The summed E-state index contributed by atoms with van der Waals surface area (Å²) >= 11 is 12.4. The molecule has 2 unspecified atom stereocenters. The van der Waals surface area contributed by atoms with Crippen LogP contribution in [0.25, 0.3) is 0 Å². The third-order valence-corrected chi connectivity index (χ3v) is 5.60. The van der Waals surface area contributed by atoms with E-state index in [0.717, 1.165) is 0 Å². The Balaban J connectivity index is 1.71. The second kappa shape index (κ2) is 11.7. The van der Waals surface area contributed by atoms with Crippen molar-refractivity contribution in [2.24, 2.45) is 0 Å². The normalized spacial score (nSPS) is 24.2. The lowest BCUT2D eigenvalue weighted by Gasteiger charge is -2.38. The van der Waals surface area contributed by atoms with Crippen molar-refractivity contribution >= 4 is 46.5 Å². The molecule has 0 amide bonds. The van der Waals surface area contributed by atoms with Crippen molar-refractivity contribution in [2.75, 3.05) is 11.9 Å². The van der Waals surface area contributed by atoms with Crippen molar-refractivity contribution in [1.29, 1.82) is 0 Å². The van der Waals surface area contributed by atoms with Crippen LogP contribution in [0.15, 0.2) is 55.1 Å². The lowest BCUT2D eigenvalue weighted by molar-refractivity contribution is -0.287. The van der Waals surface area contributed by atoms with E-state index in [1.807, 2.05) is 0 Å². The Hall–Kier alpha value is -2.66. The maximum atomic E-state index is 12.6. The summed E-state index contributed by atoms with van der Waals surface area (Å²) in [4.78, 5) is 24.7. The molecule has 0 radical (unpaired) electrons. The first-order valence-electron chi connectivity index (χ1n) is 10.2. The van der Waals surface area contributed by atoms with Crippen LogP contribution < -0.4 is 5.32 Å². The van der Waals surface area contributed by atoms with Gasteiger partial charge in [-0.15, -0.1) is 0 Å². The quantitative estimate of drug-likeness (QED) is 0.311. The van der Waals surface area contributed by atoms with E-state index in [-0.39, 0.29) is 13.0 Å². The van der Waals surface area contributed by atoms with Crippen molar-refractivity contribution in [3.05, 3.63) is 70.7 Å². The van der Waals surface area contributed by atoms with Gasteiger partial charge in [-0.3, -0.25) is 4.79 Å². The van der Waals surface area contributed by atoms with Crippen LogP contribution in [0, 0.1) is 0 Å². The number of anilines is 2. The van der Waals surface area contributed by atoms with E-state index in [0.29, 0.717) is 27.0 Å². The molecule has 1 fully saturated rings. The molecule has 1 aliphatic rings. The molecule has 4 N–H and O–H groups in total. The number of para-hydroxylation sites is 2. The van der Waals surface area contributed by atoms with E-state index in [4.69, 9.17) is 37.4 Å². The van der Waals surface area contributed by atoms with Gasteiger partial charge in [0.05, 0.1) is 22.2 Å². The molecule has 0 spiro atoms. The highest BCUT2D eigenvalue weighted by Crippen LogP contribution is 2.34. The van der Waals surface area contributed by atoms with Crippen LogP contribution in [0.1, 0.15) is 5.56 Å². The molecule has 5 atom stereocenters. The summed E-state index contributed by atoms with van der Waals surface area (Å²) in [5.74, 6) is -1.84. The topological polar surface area (TPSA) is 135 Å². The van der Waals surface area contributed by atoms with Crippen molar-refractivity contribution in [2.45, 2.75) is 37.1 Å². The molecule has 1 aliphatic heterocycles. The van der Waals surface area contributed by atoms with E-state index in [2.05, 4.69) is 11.9 Å². The predicted octanol–water partition coefficient (Wildman–Crippen LogP) is 2.36. The summed E-state index contributed by atoms with van der Waals surface area (Å²) in [7, 11) is 0. The predicted molar refractivity (Wildman–Crippen MR) is 124 cm³/mol. The number of carbonyl (C=O) groups is 2. The molecule has 3 rings (SSSR count). The molecule has 11 heteroatoms. The van der Waals surface area contributed by atoms with Crippen molar-refractivity contribution in [3.8, 4) is 0 Å². The molecule has 34 heavy (non-hydrogen) atoms. The largest absolute Gasteiger partial charge is 0.459 e. The number of hydrogen-bond acceptors (Lipinski definition) is 9. The number of rotatable bonds is 8. The zero-order chi connectivity index (χ0) is 24.8. The number of nitrogens with one attached hydrogen (secondary N) is 1. The Morgan fingerprint density at radius 1 is 1.03 bits per heavy atom. The van der Waals surface area contributed by atoms with E-state index >= 15 is 0 Å². The van der Waals surface area contributed by atoms with Crippen LogP contribution in [0.3, 0.4) is 0 Å². The van der Waals surface area contributed by atoms with Gasteiger partial charge in [-0.2, -0.15) is 0 Å². The number of carbonyl (C=O) groups excluding carboxylic acids is 2. The smallest absolute Gasteiger partial charge is 0.338 e. The van der Waals surface area contributed by atoms with E-state index in [9.17, 15) is 24.9 Å². The van der Waals surface area contributed by atoms with Crippen LogP contribution in [0.5, 0.6) is 0 Å². The fraction of sp³-hybridized carbons (Fsp3) is 0.304. The van der Waals surface area contributed by atoms with E-state index in [1.54, 1.807) is 42.5 Å². The minimum absolute atomic E-state index is 0.159. The second-order valence-electron chi connectivity index (χ2n) is 7.36. The summed E-state index contributed by atoms with van der Waals surface area (Å²) < 4.78 is 15.2. The van der Waals surface area contributed by atoms with Gasteiger partial charge < -0.3 is 34.8 Å². The molecule has 0 saturated carbocycles. The number of esters is 2. The van der Waals surface area contributed by atoms with Gasteiger partial charge in [0.1, 0.15) is 24.9 Å². The minimum Gasteiger partial charge on any atom is -0.459 e. The molecule has 2 aromatic carbocycles. The fourth-order valence-corrected chi connectivity index (χ4v) is 3.73.